The van der Waals surface area contributed by atoms with Gasteiger partial charge in [0.25, 0.3) is 0 Å². The van der Waals surface area contributed by atoms with Crippen molar-refractivity contribution >= 4 is 17.0 Å². The predicted octanol–water partition coefficient (Wildman–Crippen LogP) is 3.91. The van der Waals surface area contributed by atoms with Gasteiger partial charge in [-0.2, -0.15) is 0 Å². The first-order valence-corrected chi connectivity index (χ1v) is 10.1. The Hall–Kier alpha value is -3.68. The van der Waals surface area contributed by atoms with E-state index in [0.717, 1.165) is 16.6 Å². The number of carboxylic acid groups (broad SMARTS) is 1. The van der Waals surface area contributed by atoms with E-state index >= 15 is 0 Å². The molecule has 0 bridgehead atoms. The summed E-state index contributed by atoms with van der Waals surface area (Å²) in [7, 11) is 0. The molecule has 4 aromatic rings. The van der Waals surface area contributed by atoms with Crippen LogP contribution >= 0.6 is 0 Å². The fraction of sp³-hybridized carbons (Fsp3) is 0.261. The molecule has 1 N–H and O–H groups in total. The van der Waals surface area contributed by atoms with Crippen LogP contribution in [0.3, 0.4) is 0 Å². The average Bonchev–Trinajstić information content (AvgIpc) is 3.26. The minimum absolute atomic E-state index is 0.0782. The Balaban J connectivity index is 1.98. The lowest BCUT2D eigenvalue weighted by molar-refractivity contribution is -0.137. The molecule has 7 nitrogen and oxygen atoms in total. The maximum atomic E-state index is 13.8. The molecular formula is C23H23FN4O3. The first kappa shape index (κ1) is 20.6. The standard InChI is InChI=1S/C23H23FN4O3/c1-4-27-18-9-7-16(11-19(18)28(5-2)23(27)31)22-21(25-13-26(22)12-20(29)30)15-6-8-17(24)14(3)10-15/h6-11,13H,4-5,12H2,1-3H3,(H,29,30). The quantitative estimate of drug-likeness (QED) is 0.511. The van der Waals surface area contributed by atoms with Gasteiger partial charge in [0.05, 0.1) is 28.7 Å². The number of aromatic nitrogens is 4. The van der Waals surface area contributed by atoms with E-state index in [0.29, 0.717) is 35.6 Å². The predicted molar refractivity (Wildman–Crippen MR) is 117 cm³/mol. The molecule has 2 heterocycles. The van der Waals surface area contributed by atoms with E-state index in [4.69, 9.17) is 0 Å². The van der Waals surface area contributed by atoms with Gasteiger partial charge in [0.1, 0.15) is 12.4 Å². The normalized spacial score (nSPS) is 11.4. The van der Waals surface area contributed by atoms with Crippen molar-refractivity contribution in [3.8, 4) is 22.5 Å². The number of hydrogen-bond acceptors (Lipinski definition) is 3. The van der Waals surface area contributed by atoms with Gasteiger partial charge in [0, 0.05) is 24.2 Å². The van der Waals surface area contributed by atoms with Crippen LogP contribution in [0.1, 0.15) is 19.4 Å². The highest BCUT2D eigenvalue weighted by Gasteiger charge is 2.19. The lowest BCUT2D eigenvalue weighted by atomic mass is 10.0. The molecule has 0 aliphatic rings. The van der Waals surface area contributed by atoms with E-state index in [1.54, 1.807) is 32.8 Å². The maximum Gasteiger partial charge on any atom is 0.329 e. The van der Waals surface area contributed by atoms with Crippen LogP contribution in [0.4, 0.5) is 4.39 Å². The summed E-state index contributed by atoms with van der Waals surface area (Å²) in [5.74, 6) is -1.31. The first-order chi connectivity index (χ1) is 14.8. The van der Waals surface area contributed by atoms with Gasteiger partial charge in [0.2, 0.25) is 0 Å². The largest absolute Gasteiger partial charge is 0.480 e. The van der Waals surface area contributed by atoms with Crippen LogP contribution < -0.4 is 5.69 Å². The Morgan fingerprint density at radius 3 is 2.35 bits per heavy atom. The number of nitrogens with zero attached hydrogens (tertiary/aromatic N) is 4. The van der Waals surface area contributed by atoms with Crippen molar-refractivity contribution in [3.05, 3.63) is 64.6 Å². The van der Waals surface area contributed by atoms with E-state index in [1.165, 1.54) is 12.4 Å². The third kappa shape index (κ3) is 3.43. The highest BCUT2D eigenvalue weighted by atomic mass is 19.1. The third-order valence-electron chi connectivity index (χ3n) is 5.50. The molecule has 0 amide bonds. The average molecular weight is 422 g/mol. The molecule has 0 spiro atoms. The fourth-order valence-corrected chi connectivity index (χ4v) is 4.03. The van der Waals surface area contributed by atoms with E-state index in [1.807, 2.05) is 32.0 Å². The molecule has 0 saturated carbocycles. The number of aryl methyl sites for hydroxylation is 3. The molecule has 8 heteroatoms. The van der Waals surface area contributed by atoms with Crippen LogP contribution in [0.25, 0.3) is 33.5 Å². The van der Waals surface area contributed by atoms with Crippen LogP contribution in [-0.2, 0) is 24.4 Å². The lowest BCUT2D eigenvalue weighted by Crippen LogP contribution is -2.23. The Kier molecular flexibility index (Phi) is 5.22. The van der Waals surface area contributed by atoms with Gasteiger partial charge in [-0.05, 0) is 56.7 Å². The Morgan fingerprint density at radius 2 is 1.71 bits per heavy atom. The summed E-state index contributed by atoms with van der Waals surface area (Å²) in [6.45, 7) is 6.31. The van der Waals surface area contributed by atoms with Gasteiger partial charge in [-0.25, -0.2) is 14.2 Å². The molecule has 0 saturated heterocycles. The van der Waals surface area contributed by atoms with Crippen molar-refractivity contribution in [3.63, 3.8) is 0 Å². The molecule has 0 aliphatic heterocycles. The second kappa shape index (κ2) is 7.86. The number of fused-ring (bicyclic) bond motifs is 1. The number of halogens is 1. The summed E-state index contributed by atoms with van der Waals surface area (Å²) in [6.07, 6.45) is 1.48. The molecule has 0 fully saturated rings. The van der Waals surface area contributed by atoms with Crippen LogP contribution in [-0.4, -0.2) is 29.8 Å². The Bertz CT molecular complexity index is 1360. The van der Waals surface area contributed by atoms with Gasteiger partial charge in [-0.1, -0.05) is 6.07 Å². The molecule has 0 aliphatic carbocycles. The van der Waals surface area contributed by atoms with E-state index < -0.39 is 5.97 Å². The van der Waals surface area contributed by atoms with Gasteiger partial charge in [0.15, 0.2) is 0 Å². The third-order valence-corrected chi connectivity index (χ3v) is 5.50. The van der Waals surface area contributed by atoms with Gasteiger partial charge in [-0.3, -0.25) is 13.9 Å². The zero-order chi connectivity index (χ0) is 22.3. The second-order valence-corrected chi connectivity index (χ2v) is 7.40. The van der Waals surface area contributed by atoms with Gasteiger partial charge in [-0.15, -0.1) is 0 Å². The number of imidazole rings is 2. The Labute approximate surface area is 178 Å². The summed E-state index contributed by atoms with van der Waals surface area (Å²) in [5, 5.41) is 9.38. The van der Waals surface area contributed by atoms with Gasteiger partial charge < -0.3 is 9.67 Å². The van der Waals surface area contributed by atoms with E-state index in [2.05, 4.69) is 4.98 Å². The number of rotatable bonds is 6. The number of benzene rings is 2. The van der Waals surface area contributed by atoms with Crippen molar-refractivity contribution in [2.75, 3.05) is 0 Å². The van der Waals surface area contributed by atoms with Crippen LogP contribution in [0.5, 0.6) is 0 Å². The molecule has 4 rings (SSSR count). The number of hydrogen-bond donors (Lipinski definition) is 1. The summed E-state index contributed by atoms with van der Waals surface area (Å²) in [6, 6.07) is 10.3. The summed E-state index contributed by atoms with van der Waals surface area (Å²) >= 11 is 0. The first-order valence-electron chi connectivity index (χ1n) is 10.1. The monoisotopic (exact) mass is 422 g/mol. The second-order valence-electron chi connectivity index (χ2n) is 7.40. The fourth-order valence-electron chi connectivity index (χ4n) is 4.03. The molecule has 31 heavy (non-hydrogen) atoms. The van der Waals surface area contributed by atoms with Crippen molar-refractivity contribution in [1.29, 1.82) is 0 Å². The van der Waals surface area contributed by atoms with Crippen LogP contribution in [0, 0.1) is 12.7 Å². The maximum absolute atomic E-state index is 13.8. The van der Waals surface area contributed by atoms with Crippen molar-refractivity contribution in [1.82, 2.24) is 18.7 Å². The van der Waals surface area contributed by atoms with Crippen molar-refractivity contribution in [2.45, 2.75) is 40.4 Å². The summed E-state index contributed by atoms with van der Waals surface area (Å²) in [5.41, 5.74) is 4.59. The number of aliphatic carboxylic acids is 1. The lowest BCUT2D eigenvalue weighted by Gasteiger charge is -2.11. The molecule has 0 radical (unpaired) electrons. The number of carbonyl (C=O) groups is 1. The topological polar surface area (TPSA) is 82.0 Å². The minimum atomic E-state index is -0.996. The highest BCUT2D eigenvalue weighted by Crippen LogP contribution is 2.33. The zero-order valence-electron chi connectivity index (χ0n) is 17.6. The van der Waals surface area contributed by atoms with E-state index in [-0.39, 0.29) is 18.1 Å². The minimum Gasteiger partial charge on any atom is -0.480 e. The molecule has 2 aromatic heterocycles. The molecule has 0 unspecified atom stereocenters. The van der Waals surface area contributed by atoms with Crippen molar-refractivity contribution in [2.24, 2.45) is 0 Å². The smallest absolute Gasteiger partial charge is 0.329 e. The summed E-state index contributed by atoms with van der Waals surface area (Å²) < 4.78 is 18.8. The van der Waals surface area contributed by atoms with Crippen molar-refractivity contribution < 1.29 is 14.3 Å². The molecule has 0 atom stereocenters. The SMILES string of the molecule is CCn1c(=O)n(CC)c2cc(-c3c(-c4ccc(F)c(C)c4)ncn3CC(=O)O)ccc21. The molecule has 2 aromatic carbocycles. The summed E-state index contributed by atoms with van der Waals surface area (Å²) in [4.78, 5) is 28.6. The highest BCUT2D eigenvalue weighted by molar-refractivity contribution is 5.87. The van der Waals surface area contributed by atoms with Gasteiger partial charge >= 0.3 is 11.7 Å². The van der Waals surface area contributed by atoms with Crippen LogP contribution in [0.2, 0.25) is 0 Å². The zero-order valence-corrected chi connectivity index (χ0v) is 17.6. The molecule has 160 valence electrons. The Morgan fingerprint density at radius 1 is 1.03 bits per heavy atom. The molecular weight excluding hydrogens is 399 g/mol. The van der Waals surface area contributed by atoms with Crippen LogP contribution in [0.15, 0.2) is 47.5 Å². The number of carboxylic acids is 1. The van der Waals surface area contributed by atoms with E-state index in [9.17, 15) is 19.1 Å².